The van der Waals surface area contributed by atoms with Gasteiger partial charge in [-0.3, -0.25) is 0 Å². The van der Waals surface area contributed by atoms with E-state index in [1.54, 1.807) is 18.6 Å². The van der Waals surface area contributed by atoms with Gasteiger partial charge in [-0.25, -0.2) is 4.98 Å². The lowest BCUT2D eigenvalue weighted by atomic mass is 10.3. The Morgan fingerprint density at radius 3 is 3.06 bits per heavy atom. The number of nitrogens with zero attached hydrogens (tertiary/aromatic N) is 2. The molecule has 0 bridgehead atoms. The first-order valence-corrected chi connectivity index (χ1v) is 6.44. The Kier molecular flexibility index (Phi) is 4.07. The first-order chi connectivity index (χ1) is 8.20. The average Bonchev–Trinajstić information content (AvgIpc) is 2.77. The summed E-state index contributed by atoms with van der Waals surface area (Å²) >= 11 is 9.43. The second-order valence-corrected chi connectivity index (χ2v) is 4.86. The standard InChI is InChI=1S/C12H12BrClN2O/c1-2-16-8-15-6-10(16)7-17-12-5-9(13)3-4-11(12)14/h3-6,8H,2,7H2,1H3. The Bertz CT molecular complexity index is 513. The van der Waals surface area contributed by atoms with Crippen LogP contribution in [-0.4, -0.2) is 9.55 Å². The number of halogens is 2. The molecule has 0 amide bonds. The van der Waals surface area contributed by atoms with Crippen molar-refractivity contribution in [2.24, 2.45) is 0 Å². The Morgan fingerprint density at radius 2 is 2.29 bits per heavy atom. The Morgan fingerprint density at radius 1 is 1.47 bits per heavy atom. The van der Waals surface area contributed by atoms with Crippen molar-refractivity contribution in [3.63, 3.8) is 0 Å². The van der Waals surface area contributed by atoms with Gasteiger partial charge in [0.2, 0.25) is 0 Å². The zero-order valence-electron chi connectivity index (χ0n) is 9.36. The zero-order valence-corrected chi connectivity index (χ0v) is 11.7. The Labute approximate surface area is 114 Å². The smallest absolute Gasteiger partial charge is 0.139 e. The van der Waals surface area contributed by atoms with Gasteiger partial charge in [0.15, 0.2) is 0 Å². The number of benzene rings is 1. The van der Waals surface area contributed by atoms with Gasteiger partial charge in [0.1, 0.15) is 12.4 Å². The van der Waals surface area contributed by atoms with Gasteiger partial charge in [-0.05, 0) is 25.1 Å². The second-order valence-electron chi connectivity index (χ2n) is 3.53. The molecule has 3 nitrogen and oxygen atoms in total. The molecule has 17 heavy (non-hydrogen) atoms. The number of hydrogen-bond donors (Lipinski definition) is 0. The lowest BCUT2D eigenvalue weighted by Crippen LogP contribution is -2.03. The van der Waals surface area contributed by atoms with Crippen molar-refractivity contribution in [3.8, 4) is 5.75 Å². The molecule has 0 unspecified atom stereocenters. The summed E-state index contributed by atoms with van der Waals surface area (Å²) in [5, 5.41) is 0.607. The normalized spacial score (nSPS) is 10.5. The van der Waals surface area contributed by atoms with E-state index in [4.69, 9.17) is 16.3 Å². The maximum absolute atomic E-state index is 6.04. The highest BCUT2D eigenvalue weighted by atomic mass is 79.9. The van der Waals surface area contributed by atoms with Gasteiger partial charge in [-0.1, -0.05) is 27.5 Å². The predicted molar refractivity (Wildman–Crippen MR) is 71.4 cm³/mol. The van der Waals surface area contributed by atoms with Crippen LogP contribution in [0.5, 0.6) is 5.75 Å². The number of aryl methyl sites for hydroxylation is 1. The minimum atomic E-state index is 0.462. The number of rotatable bonds is 4. The lowest BCUT2D eigenvalue weighted by molar-refractivity contribution is 0.295. The molecule has 0 radical (unpaired) electrons. The summed E-state index contributed by atoms with van der Waals surface area (Å²) in [6.07, 6.45) is 3.59. The molecule has 5 heteroatoms. The van der Waals surface area contributed by atoms with Crippen molar-refractivity contribution in [3.05, 3.63) is 45.9 Å². The third kappa shape index (κ3) is 3.01. The Hall–Kier alpha value is -1.000. The number of imidazole rings is 1. The van der Waals surface area contributed by atoms with Crippen LogP contribution in [0.2, 0.25) is 5.02 Å². The van der Waals surface area contributed by atoms with Crippen LogP contribution in [0, 0.1) is 0 Å². The molecular formula is C12H12BrClN2O. The summed E-state index contributed by atoms with van der Waals surface area (Å²) in [7, 11) is 0. The molecule has 1 heterocycles. The van der Waals surface area contributed by atoms with Crippen molar-refractivity contribution < 1.29 is 4.74 Å². The van der Waals surface area contributed by atoms with Gasteiger partial charge in [-0.2, -0.15) is 0 Å². The van der Waals surface area contributed by atoms with E-state index in [-0.39, 0.29) is 0 Å². The molecule has 0 saturated carbocycles. The molecule has 0 aliphatic heterocycles. The van der Waals surface area contributed by atoms with Crippen LogP contribution in [0.15, 0.2) is 35.2 Å². The fraction of sp³-hybridized carbons (Fsp3) is 0.250. The predicted octanol–water partition coefficient (Wildman–Crippen LogP) is 3.90. The molecule has 0 aliphatic carbocycles. The fourth-order valence-electron chi connectivity index (χ4n) is 1.49. The third-order valence-corrected chi connectivity index (χ3v) is 3.21. The van der Waals surface area contributed by atoms with Crippen LogP contribution in [0.4, 0.5) is 0 Å². The van der Waals surface area contributed by atoms with E-state index < -0.39 is 0 Å². The highest BCUT2D eigenvalue weighted by molar-refractivity contribution is 9.10. The van der Waals surface area contributed by atoms with E-state index in [1.807, 2.05) is 16.7 Å². The first kappa shape index (κ1) is 12.5. The number of hydrogen-bond acceptors (Lipinski definition) is 2. The van der Waals surface area contributed by atoms with E-state index in [0.717, 1.165) is 16.7 Å². The second kappa shape index (κ2) is 5.56. The highest BCUT2D eigenvalue weighted by Crippen LogP contribution is 2.28. The van der Waals surface area contributed by atoms with Gasteiger partial charge in [0, 0.05) is 11.0 Å². The molecule has 1 aromatic heterocycles. The van der Waals surface area contributed by atoms with Crippen LogP contribution in [0.3, 0.4) is 0 Å². The van der Waals surface area contributed by atoms with E-state index >= 15 is 0 Å². The SMILES string of the molecule is CCn1cncc1COc1cc(Br)ccc1Cl. The van der Waals surface area contributed by atoms with Crippen molar-refractivity contribution in [1.82, 2.24) is 9.55 Å². The Balaban J connectivity index is 2.09. The van der Waals surface area contributed by atoms with Gasteiger partial charge >= 0.3 is 0 Å². The van der Waals surface area contributed by atoms with Gasteiger partial charge in [0.05, 0.1) is 23.2 Å². The summed E-state index contributed by atoms with van der Waals surface area (Å²) in [5.41, 5.74) is 1.03. The highest BCUT2D eigenvalue weighted by Gasteiger charge is 2.05. The topological polar surface area (TPSA) is 27.1 Å². The third-order valence-electron chi connectivity index (χ3n) is 2.41. The summed E-state index contributed by atoms with van der Waals surface area (Å²) in [6, 6.07) is 5.54. The molecule has 2 rings (SSSR count). The van der Waals surface area contributed by atoms with Crippen LogP contribution < -0.4 is 4.74 Å². The summed E-state index contributed by atoms with van der Waals surface area (Å²) in [6.45, 7) is 3.41. The summed E-state index contributed by atoms with van der Waals surface area (Å²) in [4.78, 5) is 4.09. The molecule has 0 fully saturated rings. The maximum atomic E-state index is 6.04. The zero-order chi connectivity index (χ0) is 12.3. The molecular weight excluding hydrogens is 304 g/mol. The molecule has 0 N–H and O–H groups in total. The van der Waals surface area contributed by atoms with Crippen molar-refractivity contribution >= 4 is 27.5 Å². The van der Waals surface area contributed by atoms with Crippen LogP contribution in [0.1, 0.15) is 12.6 Å². The summed E-state index contributed by atoms with van der Waals surface area (Å²) in [5.74, 6) is 0.671. The molecule has 90 valence electrons. The maximum Gasteiger partial charge on any atom is 0.139 e. The molecule has 0 saturated heterocycles. The van der Waals surface area contributed by atoms with Crippen LogP contribution in [0.25, 0.3) is 0 Å². The minimum Gasteiger partial charge on any atom is -0.486 e. The molecule has 0 aliphatic rings. The van der Waals surface area contributed by atoms with Crippen LogP contribution in [-0.2, 0) is 13.2 Å². The van der Waals surface area contributed by atoms with E-state index in [0.29, 0.717) is 17.4 Å². The molecule has 2 aromatic rings. The summed E-state index contributed by atoms with van der Waals surface area (Å²) < 4.78 is 8.66. The van der Waals surface area contributed by atoms with Gasteiger partial charge < -0.3 is 9.30 Å². The van der Waals surface area contributed by atoms with Crippen LogP contribution >= 0.6 is 27.5 Å². The fourth-order valence-corrected chi connectivity index (χ4v) is 2.00. The number of ether oxygens (including phenoxy) is 1. The van der Waals surface area contributed by atoms with Crippen molar-refractivity contribution in [2.45, 2.75) is 20.1 Å². The first-order valence-electron chi connectivity index (χ1n) is 5.27. The van der Waals surface area contributed by atoms with Crippen molar-refractivity contribution in [2.75, 3.05) is 0 Å². The van der Waals surface area contributed by atoms with E-state index in [1.165, 1.54) is 0 Å². The van der Waals surface area contributed by atoms with Gasteiger partial charge in [0.25, 0.3) is 0 Å². The quantitative estimate of drug-likeness (QED) is 0.855. The lowest BCUT2D eigenvalue weighted by Gasteiger charge is -2.09. The van der Waals surface area contributed by atoms with Crippen molar-refractivity contribution in [1.29, 1.82) is 0 Å². The molecule has 0 atom stereocenters. The monoisotopic (exact) mass is 314 g/mol. The van der Waals surface area contributed by atoms with E-state index in [9.17, 15) is 0 Å². The average molecular weight is 316 g/mol. The van der Waals surface area contributed by atoms with E-state index in [2.05, 4.69) is 27.8 Å². The number of aromatic nitrogens is 2. The largest absolute Gasteiger partial charge is 0.486 e. The molecule has 0 spiro atoms. The molecule has 1 aromatic carbocycles. The minimum absolute atomic E-state index is 0.462. The van der Waals surface area contributed by atoms with Gasteiger partial charge in [-0.15, -0.1) is 0 Å².